The van der Waals surface area contributed by atoms with Crippen molar-refractivity contribution < 1.29 is 59.4 Å². The standard InChI is InChI=1S/C41H56F4N6O9S/c1-8-22-12-10-11-15-41(44,45)30-34(47-27-18-23(58-7)13-14-26(27)46-30)60-28-20-51(35(53)31(38(3,4)5)48-37(55)59-21-22)29(24(28)9-2)33(52)49-40(19-25(40)32(42)43)36(54)50-61(56,57)39(6)16-17-39/h13-14,18,22,24-25,28-29,31-32H,8-12,15-17,19-21H2,1-7H3,(H,48,55)(H,49,52)(H,50,54)/t22-,24+,25?,28-,29-,31+,40+/m0/s1. The van der Waals surface area contributed by atoms with E-state index in [1.165, 1.54) is 26.2 Å². The lowest BCUT2D eigenvalue weighted by Gasteiger charge is -2.36. The topological polar surface area (TPSA) is 195 Å². The van der Waals surface area contributed by atoms with Crippen molar-refractivity contribution in [1.82, 2.24) is 30.2 Å². The molecule has 2 aliphatic carbocycles. The van der Waals surface area contributed by atoms with E-state index in [1.807, 2.05) is 11.6 Å². The zero-order chi connectivity index (χ0) is 44.9. The molecule has 1 unspecified atom stereocenters. The number of nitrogens with one attached hydrogen (secondary N) is 3. The van der Waals surface area contributed by atoms with Crippen LogP contribution in [0.4, 0.5) is 22.4 Å². The molecule has 15 nitrogen and oxygen atoms in total. The van der Waals surface area contributed by atoms with E-state index in [2.05, 4.69) is 20.6 Å². The molecule has 0 radical (unpaired) electrons. The van der Waals surface area contributed by atoms with Crippen LogP contribution in [0.2, 0.25) is 0 Å². The number of sulfonamides is 1. The second-order valence-electron chi connectivity index (χ2n) is 18.2. The Balaban J connectivity index is 1.45. The fourth-order valence-corrected chi connectivity index (χ4v) is 9.57. The van der Waals surface area contributed by atoms with E-state index in [4.69, 9.17) is 14.2 Å². The molecule has 1 saturated heterocycles. The molecule has 1 aromatic carbocycles. The van der Waals surface area contributed by atoms with Crippen molar-refractivity contribution in [3.05, 3.63) is 23.9 Å². The van der Waals surface area contributed by atoms with E-state index in [-0.39, 0.29) is 49.2 Å². The summed E-state index contributed by atoms with van der Waals surface area (Å²) in [6, 6.07) is 1.56. The van der Waals surface area contributed by atoms with Crippen LogP contribution >= 0.6 is 0 Å². The van der Waals surface area contributed by atoms with Crippen LogP contribution in [0.15, 0.2) is 18.2 Å². The minimum Gasteiger partial charge on any atom is -0.497 e. The monoisotopic (exact) mass is 884 g/mol. The van der Waals surface area contributed by atoms with Gasteiger partial charge in [0.2, 0.25) is 34.1 Å². The number of hydrogen-bond donors (Lipinski definition) is 3. The number of nitrogens with zero attached hydrogens (tertiary/aromatic N) is 3. The summed E-state index contributed by atoms with van der Waals surface area (Å²) in [5.74, 6) is -10.0. The van der Waals surface area contributed by atoms with Crippen LogP contribution in [0.3, 0.4) is 0 Å². The van der Waals surface area contributed by atoms with Gasteiger partial charge in [-0.3, -0.25) is 19.1 Å². The number of benzene rings is 1. The molecule has 20 heteroatoms. The van der Waals surface area contributed by atoms with E-state index in [0.29, 0.717) is 25.0 Å². The molecule has 4 aliphatic rings. The number of alkyl carbamates (subject to hydrolysis) is 1. The summed E-state index contributed by atoms with van der Waals surface area (Å²) in [4.78, 5) is 66.4. The van der Waals surface area contributed by atoms with Crippen LogP contribution in [0.5, 0.6) is 11.6 Å². The number of methoxy groups -OCH3 is 1. The largest absolute Gasteiger partial charge is 0.497 e. The van der Waals surface area contributed by atoms with Crippen molar-refractivity contribution in [3.8, 4) is 11.6 Å². The van der Waals surface area contributed by atoms with Gasteiger partial charge in [0.1, 0.15) is 29.5 Å². The minimum absolute atomic E-state index is 0.0470. The fraction of sp³-hybridized carbons (Fsp3) is 0.707. The Morgan fingerprint density at radius 3 is 2.36 bits per heavy atom. The van der Waals surface area contributed by atoms with E-state index < -0.39 is 123 Å². The highest BCUT2D eigenvalue weighted by molar-refractivity contribution is 7.91. The number of ether oxygens (including phenoxy) is 3. The van der Waals surface area contributed by atoms with Crippen molar-refractivity contribution in [2.75, 3.05) is 20.3 Å². The number of carbonyl (C=O) groups is 4. The molecule has 2 bridgehead atoms. The summed E-state index contributed by atoms with van der Waals surface area (Å²) < 4.78 is 106. The summed E-state index contributed by atoms with van der Waals surface area (Å²) in [7, 11) is -2.90. The van der Waals surface area contributed by atoms with Gasteiger partial charge in [-0.2, -0.15) is 8.78 Å². The first kappa shape index (κ1) is 46.0. The Hall–Kier alpha value is -4.49. The van der Waals surface area contributed by atoms with Crippen LogP contribution in [-0.4, -0.2) is 102 Å². The number of cyclic esters (lactones) is 1. The number of fused-ring (bicyclic) bond motifs is 4. The molecule has 0 spiro atoms. The normalized spacial score (nSPS) is 29.3. The van der Waals surface area contributed by atoms with E-state index in [0.717, 1.165) is 4.90 Å². The number of carbonyl (C=O) groups excluding carboxylic acids is 4. The number of alkyl halides is 4. The summed E-state index contributed by atoms with van der Waals surface area (Å²) in [6.45, 7) is 9.42. The predicted octanol–water partition coefficient (Wildman–Crippen LogP) is 5.59. The van der Waals surface area contributed by atoms with Crippen molar-refractivity contribution in [3.63, 3.8) is 0 Å². The average Bonchev–Trinajstić information content (AvgIpc) is 4.09. The molecule has 4 amide bonds. The van der Waals surface area contributed by atoms with E-state index in [9.17, 15) is 36.4 Å². The van der Waals surface area contributed by atoms with Crippen molar-refractivity contribution in [1.29, 1.82) is 0 Å². The molecule has 61 heavy (non-hydrogen) atoms. The first-order valence-electron chi connectivity index (χ1n) is 20.8. The lowest BCUT2D eigenvalue weighted by Crippen LogP contribution is -2.61. The third-order valence-corrected chi connectivity index (χ3v) is 14.9. The molecule has 3 N–H and O–H groups in total. The van der Waals surface area contributed by atoms with Gasteiger partial charge in [0.25, 0.3) is 11.8 Å². The average molecular weight is 885 g/mol. The Morgan fingerprint density at radius 2 is 1.77 bits per heavy atom. The van der Waals surface area contributed by atoms with Gasteiger partial charge in [-0.25, -0.2) is 32.0 Å². The molecule has 3 fully saturated rings. The molecule has 2 saturated carbocycles. The van der Waals surface area contributed by atoms with Gasteiger partial charge < -0.3 is 29.7 Å². The Kier molecular flexibility index (Phi) is 12.8. The van der Waals surface area contributed by atoms with Crippen molar-refractivity contribution >= 4 is 44.9 Å². The van der Waals surface area contributed by atoms with Gasteiger partial charge in [-0.15, -0.1) is 0 Å². The first-order valence-corrected chi connectivity index (χ1v) is 22.3. The fourth-order valence-electron chi connectivity index (χ4n) is 8.26. The molecule has 1 aromatic heterocycles. The maximum absolute atomic E-state index is 16.4. The lowest BCUT2D eigenvalue weighted by molar-refractivity contribution is -0.144. The van der Waals surface area contributed by atoms with Crippen LogP contribution < -0.4 is 24.8 Å². The summed E-state index contributed by atoms with van der Waals surface area (Å²) in [5.41, 5.74) is -3.86. The number of halogens is 4. The number of rotatable bonds is 9. The predicted molar refractivity (Wildman–Crippen MR) is 213 cm³/mol. The van der Waals surface area contributed by atoms with Crippen LogP contribution in [0, 0.1) is 23.2 Å². The summed E-state index contributed by atoms with van der Waals surface area (Å²) in [6.07, 6.45) is -4.53. The van der Waals surface area contributed by atoms with E-state index in [1.54, 1.807) is 33.8 Å². The first-order chi connectivity index (χ1) is 28.5. The van der Waals surface area contributed by atoms with Gasteiger partial charge in [0.15, 0.2) is 5.69 Å². The number of hydrogen-bond acceptors (Lipinski definition) is 11. The lowest BCUT2D eigenvalue weighted by atomic mass is 9.85. The third-order valence-electron chi connectivity index (χ3n) is 12.7. The zero-order valence-electron chi connectivity index (χ0n) is 35.5. The van der Waals surface area contributed by atoms with Gasteiger partial charge >= 0.3 is 6.09 Å². The molecular weight excluding hydrogens is 829 g/mol. The highest BCUT2D eigenvalue weighted by Gasteiger charge is 2.68. The highest BCUT2D eigenvalue weighted by atomic mass is 32.2. The SMILES string of the molecule is CC[C@H]1CCCCC(F)(F)c2nc3ccc(OC)cc3nc2O[C@H]2CN(C(=O)[C@H](C(C)(C)C)NC(=O)OC1)[C@H](C(=O)N[C@]1(C(=O)NS(=O)(=O)C3(C)CC3)CC1C(F)F)[C@@H]2CC. The molecule has 338 valence electrons. The highest BCUT2D eigenvalue weighted by Crippen LogP contribution is 2.50. The van der Waals surface area contributed by atoms with Gasteiger partial charge in [0, 0.05) is 18.4 Å². The van der Waals surface area contributed by atoms with Crippen molar-refractivity contribution in [2.45, 2.75) is 140 Å². The second kappa shape index (κ2) is 17.0. The number of amides is 4. The summed E-state index contributed by atoms with van der Waals surface area (Å²) >= 11 is 0. The minimum atomic E-state index is -4.32. The summed E-state index contributed by atoms with van der Waals surface area (Å²) in [5, 5.41) is 5.05. The van der Waals surface area contributed by atoms with Crippen LogP contribution in [0.1, 0.15) is 105 Å². The van der Waals surface area contributed by atoms with Crippen LogP contribution in [0.25, 0.3) is 11.0 Å². The molecule has 3 heterocycles. The Bertz CT molecular complexity index is 2140. The Morgan fingerprint density at radius 1 is 1.07 bits per heavy atom. The molecule has 2 aromatic rings. The van der Waals surface area contributed by atoms with E-state index >= 15 is 8.78 Å². The zero-order valence-corrected chi connectivity index (χ0v) is 36.3. The second-order valence-corrected chi connectivity index (χ2v) is 20.3. The quantitative estimate of drug-likeness (QED) is 0.266. The Labute approximate surface area is 352 Å². The molecule has 6 rings (SSSR count). The number of aromatic nitrogens is 2. The molecule has 7 atom stereocenters. The smallest absolute Gasteiger partial charge is 0.407 e. The van der Waals surface area contributed by atoms with Gasteiger partial charge in [0.05, 0.1) is 42.0 Å². The van der Waals surface area contributed by atoms with Crippen molar-refractivity contribution in [2.24, 2.45) is 23.2 Å². The van der Waals surface area contributed by atoms with Gasteiger partial charge in [-0.05, 0) is 68.9 Å². The molecule has 2 aliphatic heterocycles. The molecular formula is C41H56F4N6O9S. The van der Waals surface area contributed by atoms with Gasteiger partial charge in [-0.1, -0.05) is 47.5 Å². The third kappa shape index (κ3) is 9.33. The maximum atomic E-state index is 16.4. The van der Waals surface area contributed by atoms with Crippen LogP contribution in [-0.2, 0) is 35.1 Å². The maximum Gasteiger partial charge on any atom is 0.407 e.